The largest absolute Gasteiger partial charge is 0.497 e. The Morgan fingerprint density at radius 2 is 1.77 bits per heavy atom. The average Bonchev–Trinajstić information content (AvgIpc) is 2.87. The lowest BCUT2D eigenvalue weighted by atomic mass is 10.1. The molecule has 2 aromatic carbocycles. The van der Waals surface area contributed by atoms with Gasteiger partial charge in [0.15, 0.2) is 0 Å². The molecule has 3 aromatic rings. The second-order valence-corrected chi connectivity index (χ2v) is 8.41. The number of hydrogen-bond acceptors (Lipinski definition) is 6. The first-order chi connectivity index (χ1) is 16.9. The maximum Gasteiger partial charge on any atom is 0.257 e. The molecule has 0 aliphatic carbocycles. The highest BCUT2D eigenvalue weighted by Crippen LogP contribution is 2.18. The summed E-state index contributed by atoms with van der Waals surface area (Å²) in [5, 5.41) is 12.4. The minimum atomic E-state index is -0.341. The molecule has 1 aromatic heterocycles. The van der Waals surface area contributed by atoms with Crippen LogP contribution in [0, 0.1) is 6.92 Å². The molecule has 8 heteroatoms. The highest BCUT2D eigenvalue weighted by Gasteiger charge is 2.18. The molecule has 0 aliphatic rings. The summed E-state index contributed by atoms with van der Waals surface area (Å²) in [5.41, 5.74) is 1.78. The number of carbonyl (C=O) groups is 1. The van der Waals surface area contributed by atoms with E-state index < -0.39 is 0 Å². The highest BCUT2D eigenvalue weighted by atomic mass is 16.5. The van der Waals surface area contributed by atoms with Crippen LogP contribution in [0.1, 0.15) is 36.0 Å². The van der Waals surface area contributed by atoms with Crippen molar-refractivity contribution in [1.82, 2.24) is 14.9 Å². The van der Waals surface area contributed by atoms with Gasteiger partial charge in [-0.3, -0.25) is 14.2 Å². The van der Waals surface area contributed by atoms with E-state index in [0.29, 0.717) is 28.6 Å². The standard InChI is InChI=1S/C27H33N3O5/c1-19(9-10-21-7-5-4-6-8-21)28-26(32)17-30-25(29-20(2)24(15-16-31)27(30)33)18-35-23-13-11-22(34-3)12-14-23/h4-8,11-14,19,31H,9-10,15-18H2,1-3H3,(H,28,32). The second kappa shape index (κ2) is 12.7. The number of carbonyl (C=O) groups excluding carboxylic acids is 1. The fourth-order valence-corrected chi connectivity index (χ4v) is 3.81. The normalized spacial score (nSPS) is 11.7. The molecule has 0 radical (unpaired) electrons. The molecule has 0 saturated carbocycles. The number of nitrogens with one attached hydrogen (secondary N) is 1. The molecule has 0 saturated heterocycles. The summed E-state index contributed by atoms with van der Waals surface area (Å²) in [6.45, 7) is 3.32. The van der Waals surface area contributed by atoms with E-state index in [-0.39, 0.29) is 43.7 Å². The van der Waals surface area contributed by atoms with Crippen molar-refractivity contribution in [3.8, 4) is 11.5 Å². The summed E-state index contributed by atoms with van der Waals surface area (Å²) in [4.78, 5) is 30.6. The number of aliphatic hydroxyl groups is 1. The Morgan fingerprint density at radius 3 is 2.43 bits per heavy atom. The first-order valence-corrected chi connectivity index (χ1v) is 11.7. The lowest BCUT2D eigenvalue weighted by molar-refractivity contribution is -0.122. The van der Waals surface area contributed by atoms with Crippen LogP contribution in [-0.4, -0.2) is 40.3 Å². The van der Waals surface area contributed by atoms with E-state index in [9.17, 15) is 14.7 Å². The van der Waals surface area contributed by atoms with E-state index >= 15 is 0 Å². The third kappa shape index (κ3) is 7.42. The Morgan fingerprint density at radius 1 is 1.09 bits per heavy atom. The number of benzene rings is 2. The number of aliphatic hydroxyl groups excluding tert-OH is 1. The van der Waals surface area contributed by atoms with Crippen molar-refractivity contribution in [2.45, 2.75) is 52.3 Å². The number of hydrogen-bond donors (Lipinski definition) is 2. The fourth-order valence-electron chi connectivity index (χ4n) is 3.81. The van der Waals surface area contributed by atoms with Crippen molar-refractivity contribution >= 4 is 5.91 Å². The maximum atomic E-state index is 13.2. The summed E-state index contributed by atoms with van der Waals surface area (Å²) in [6, 6.07) is 17.1. The molecule has 8 nitrogen and oxygen atoms in total. The third-order valence-electron chi connectivity index (χ3n) is 5.76. The average molecular weight is 480 g/mol. The zero-order valence-electron chi connectivity index (χ0n) is 20.5. The van der Waals surface area contributed by atoms with Crippen molar-refractivity contribution in [3.63, 3.8) is 0 Å². The van der Waals surface area contributed by atoms with Crippen LogP contribution in [-0.2, 0) is 30.8 Å². The second-order valence-electron chi connectivity index (χ2n) is 8.41. The van der Waals surface area contributed by atoms with Gasteiger partial charge in [-0.05, 0) is 56.5 Å². The summed E-state index contributed by atoms with van der Waals surface area (Å²) in [6.07, 6.45) is 1.79. The van der Waals surface area contributed by atoms with Gasteiger partial charge in [-0.25, -0.2) is 4.98 Å². The fraction of sp³-hybridized carbons (Fsp3) is 0.370. The van der Waals surface area contributed by atoms with E-state index in [1.165, 1.54) is 10.1 Å². The Kier molecular flexibility index (Phi) is 9.43. The molecule has 1 amide bonds. The van der Waals surface area contributed by atoms with E-state index in [1.54, 1.807) is 38.3 Å². The number of ether oxygens (including phenoxy) is 2. The highest BCUT2D eigenvalue weighted by molar-refractivity contribution is 5.76. The number of nitrogens with zero attached hydrogens (tertiary/aromatic N) is 2. The lowest BCUT2D eigenvalue weighted by Gasteiger charge is -2.18. The minimum absolute atomic E-state index is 0.0126. The van der Waals surface area contributed by atoms with Gasteiger partial charge in [-0.2, -0.15) is 0 Å². The lowest BCUT2D eigenvalue weighted by Crippen LogP contribution is -2.40. The Hall–Kier alpha value is -3.65. The van der Waals surface area contributed by atoms with E-state index in [2.05, 4.69) is 22.4 Å². The van der Waals surface area contributed by atoms with E-state index in [1.807, 2.05) is 25.1 Å². The minimum Gasteiger partial charge on any atom is -0.497 e. The van der Waals surface area contributed by atoms with Gasteiger partial charge >= 0.3 is 0 Å². The van der Waals surface area contributed by atoms with Crippen molar-refractivity contribution < 1.29 is 19.4 Å². The van der Waals surface area contributed by atoms with Crippen LogP contribution in [0.15, 0.2) is 59.4 Å². The van der Waals surface area contributed by atoms with Gasteiger partial charge < -0.3 is 19.9 Å². The van der Waals surface area contributed by atoms with Crippen molar-refractivity contribution in [2.75, 3.05) is 13.7 Å². The molecule has 3 rings (SSSR count). The predicted octanol–water partition coefficient (Wildman–Crippen LogP) is 2.81. The molecule has 0 aliphatic heterocycles. The topological polar surface area (TPSA) is 103 Å². The van der Waals surface area contributed by atoms with Crippen LogP contribution in [0.2, 0.25) is 0 Å². The number of rotatable bonds is 12. The number of amides is 1. The molecule has 0 fully saturated rings. The Labute approximate surface area is 205 Å². The van der Waals surface area contributed by atoms with Gasteiger partial charge in [0.05, 0.1) is 7.11 Å². The molecule has 35 heavy (non-hydrogen) atoms. The number of aryl methyl sites for hydroxylation is 2. The Balaban J connectivity index is 1.72. The first-order valence-electron chi connectivity index (χ1n) is 11.7. The molecule has 0 bridgehead atoms. The zero-order valence-corrected chi connectivity index (χ0v) is 20.5. The summed E-state index contributed by atoms with van der Waals surface area (Å²) < 4.78 is 12.3. The zero-order chi connectivity index (χ0) is 25.2. The molecule has 1 unspecified atom stereocenters. The Bertz CT molecular complexity index is 1160. The van der Waals surface area contributed by atoms with Crippen LogP contribution in [0.25, 0.3) is 0 Å². The van der Waals surface area contributed by atoms with Gasteiger partial charge in [0.25, 0.3) is 5.56 Å². The molecule has 2 N–H and O–H groups in total. The molecular weight excluding hydrogens is 446 g/mol. The number of aromatic nitrogens is 2. The molecule has 0 spiro atoms. The molecule has 1 heterocycles. The van der Waals surface area contributed by atoms with E-state index in [0.717, 1.165) is 12.8 Å². The summed E-state index contributed by atoms with van der Waals surface area (Å²) >= 11 is 0. The van der Waals surface area contributed by atoms with Crippen LogP contribution >= 0.6 is 0 Å². The van der Waals surface area contributed by atoms with Gasteiger partial charge in [-0.1, -0.05) is 30.3 Å². The predicted molar refractivity (Wildman–Crippen MR) is 134 cm³/mol. The smallest absolute Gasteiger partial charge is 0.257 e. The van der Waals surface area contributed by atoms with Gasteiger partial charge in [0.2, 0.25) is 5.91 Å². The quantitative estimate of drug-likeness (QED) is 0.414. The third-order valence-corrected chi connectivity index (χ3v) is 5.76. The monoisotopic (exact) mass is 479 g/mol. The van der Waals surface area contributed by atoms with Crippen LogP contribution in [0.4, 0.5) is 0 Å². The van der Waals surface area contributed by atoms with Crippen LogP contribution in [0.3, 0.4) is 0 Å². The molecule has 186 valence electrons. The summed E-state index contributed by atoms with van der Waals surface area (Å²) in [5.74, 6) is 1.35. The van der Waals surface area contributed by atoms with Gasteiger partial charge in [0, 0.05) is 30.3 Å². The van der Waals surface area contributed by atoms with Crippen molar-refractivity contribution in [3.05, 3.63) is 87.6 Å². The maximum absolute atomic E-state index is 13.2. The van der Waals surface area contributed by atoms with Gasteiger partial charge in [-0.15, -0.1) is 0 Å². The molecular formula is C27H33N3O5. The summed E-state index contributed by atoms with van der Waals surface area (Å²) in [7, 11) is 1.59. The van der Waals surface area contributed by atoms with E-state index in [4.69, 9.17) is 9.47 Å². The van der Waals surface area contributed by atoms with Crippen molar-refractivity contribution in [2.24, 2.45) is 0 Å². The first kappa shape index (κ1) is 26.0. The number of methoxy groups -OCH3 is 1. The van der Waals surface area contributed by atoms with Crippen LogP contribution < -0.4 is 20.3 Å². The van der Waals surface area contributed by atoms with Crippen molar-refractivity contribution in [1.29, 1.82) is 0 Å². The van der Waals surface area contributed by atoms with Crippen LogP contribution in [0.5, 0.6) is 11.5 Å². The molecule has 1 atom stereocenters. The van der Waals surface area contributed by atoms with Gasteiger partial charge in [0.1, 0.15) is 30.5 Å². The SMILES string of the molecule is COc1ccc(OCc2nc(C)c(CCO)c(=O)n2CC(=O)NC(C)CCc2ccccc2)cc1.